The van der Waals surface area contributed by atoms with Gasteiger partial charge in [0.25, 0.3) is 0 Å². The molecule has 1 aliphatic carbocycles. The van der Waals surface area contributed by atoms with Crippen molar-refractivity contribution in [3.8, 4) is 0 Å². The highest BCUT2D eigenvalue weighted by Gasteiger charge is 2.50. The van der Waals surface area contributed by atoms with Crippen molar-refractivity contribution in [1.82, 2.24) is 5.32 Å². The van der Waals surface area contributed by atoms with Crippen LogP contribution in [0.2, 0.25) is 0 Å². The molecule has 1 heterocycles. The molecule has 3 heteroatoms. The topological polar surface area (TPSA) is 46.2 Å². The van der Waals surface area contributed by atoms with Crippen LogP contribution in [0.5, 0.6) is 0 Å². The molecular weight excluding hydrogens is 238 g/mol. The lowest BCUT2D eigenvalue weighted by Crippen LogP contribution is -2.49. The zero-order valence-electron chi connectivity index (χ0n) is 11.2. The first-order chi connectivity index (χ1) is 9.11. The third-order valence-electron chi connectivity index (χ3n) is 4.66. The quantitative estimate of drug-likeness (QED) is 0.786. The Labute approximate surface area is 113 Å². The molecule has 1 aliphatic heterocycles. The van der Waals surface area contributed by atoms with Gasteiger partial charge in [0.15, 0.2) is 0 Å². The monoisotopic (exact) mass is 257 g/mol. The molecule has 100 valence electrons. The van der Waals surface area contributed by atoms with Crippen LogP contribution in [0.3, 0.4) is 0 Å². The third-order valence-corrected chi connectivity index (χ3v) is 4.66. The van der Waals surface area contributed by atoms with Gasteiger partial charge in [0.1, 0.15) is 0 Å². The fourth-order valence-electron chi connectivity index (χ4n) is 3.76. The first-order valence-corrected chi connectivity index (χ1v) is 7.01. The van der Waals surface area contributed by atoms with E-state index in [-0.39, 0.29) is 23.1 Å². The van der Waals surface area contributed by atoms with Crippen LogP contribution in [0.25, 0.3) is 0 Å². The molecule has 0 radical (unpaired) electrons. The van der Waals surface area contributed by atoms with Crippen molar-refractivity contribution >= 4 is 11.8 Å². The van der Waals surface area contributed by atoms with Crippen molar-refractivity contribution in [2.75, 3.05) is 0 Å². The number of imide groups is 1. The van der Waals surface area contributed by atoms with Crippen molar-refractivity contribution in [3.05, 3.63) is 35.4 Å². The average molecular weight is 257 g/mol. The number of piperidine rings is 1. The molecule has 0 bridgehead atoms. The van der Waals surface area contributed by atoms with E-state index < -0.39 is 0 Å². The summed E-state index contributed by atoms with van der Waals surface area (Å²) in [6, 6.07) is 8.16. The predicted molar refractivity (Wildman–Crippen MR) is 72.6 cm³/mol. The molecule has 3 rings (SSSR count). The van der Waals surface area contributed by atoms with Gasteiger partial charge in [0.2, 0.25) is 11.8 Å². The van der Waals surface area contributed by atoms with E-state index >= 15 is 0 Å². The smallest absolute Gasteiger partial charge is 0.234 e. The van der Waals surface area contributed by atoms with Gasteiger partial charge < -0.3 is 0 Å². The second-order valence-corrected chi connectivity index (χ2v) is 6.00. The molecule has 1 saturated carbocycles. The van der Waals surface area contributed by atoms with Crippen molar-refractivity contribution < 1.29 is 9.59 Å². The molecule has 0 aromatic heterocycles. The van der Waals surface area contributed by atoms with Crippen molar-refractivity contribution in [2.24, 2.45) is 5.41 Å². The number of benzene rings is 1. The molecule has 2 amide bonds. The Balaban J connectivity index is 2.02. The van der Waals surface area contributed by atoms with E-state index in [1.165, 1.54) is 5.56 Å². The van der Waals surface area contributed by atoms with Crippen molar-refractivity contribution in [2.45, 2.75) is 44.9 Å². The van der Waals surface area contributed by atoms with Gasteiger partial charge in [-0.3, -0.25) is 14.9 Å². The molecule has 1 atom stereocenters. The van der Waals surface area contributed by atoms with Crippen LogP contribution in [0.15, 0.2) is 24.3 Å². The van der Waals surface area contributed by atoms with Crippen LogP contribution in [-0.4, -0.2) is 11.8 Å². The number of carbonyl (C=O) groups is 2. The SMILES string of the molecule is Cc1ccc(C2C(=O)NC(=O)CC23CCCC3)cc1. The largest absolute Gasteiger partial charge is 0.296 e. The van der Waals surface area contributed by atoms with E-state index in [1.807, 2.05) is 31.2 Å². The van der Waals surface area contributed by atoms with Crippen LogP contribution in [0.4, 0.5) is 0 Å². The Bertz CT molecular complexity index is 512. The van der Waals surface area contributed by atoms with E-state index in [0.29, 0.717) is 6.42 Å². The maximum absolute atomic E-state index is 12.3. The lowest BCUT2D eigenvalue weighted by molar-refractivity contribution is -0.139. The summed E-state index contributed by atoms with van der Waals surface area (Å²) in [4.78, 5) is 24.1. The van der Waals surface area contributed by atoms with Crippen LogP contribution in [0.1, 0.15) is 49.1 Å². The number of nitrogens with one attached hydrogen (secondary N) is 1. The average Bonchev–Trinajstić information content (AvgIpc) is 2.79. The Kier molecular flexibility index (Phi) is 2.92. The summed E-state index contributed by atoms with van der Waals surface area (Å²) in [7, 11) is 0. The lowest BCUT2D eigenvalue weighted by atomic mass is 9.66. The van der Waals surface area contributed by atoms with Crippen LogP contribution < -0.4 is 5.32 Å². The van der Waals surface area contributed by atoms with Crippen molar-refractivity contribution in [1.29, 1.82) is 0 Å². The van der Waals surface area contributed by atoms with Gasteiger partial charge in [-0.15, -0.1) is 0 Å². The molecular formula is C16H19NO2. The molecule has 2 aliphatic rings. The number of amides is 2. The number of hydrogen-bond donors (Lipinski definition) is 1. The van der Waals surface area contributed by atoms with Crippen LogP contribution in [-0.2, 0) is 9.59 Å². The normalized spacial score (nSPS) is 25.6. The van der Waals surface area contributed by atoms with Crippen LogP contribution >= 0.6 is 0 Å². The standard InChI is InChI=1S/C16H19NO2/c1-11-4-6-12(7-5-11)14-15(19)17-13(18)10-16(14)8-2-3-9-16/h4-7,14H,2-3,8-10H2,1H3,(H,17,18,19). The van der Waals surface area contributed by atoms with E-state index in [4.69, 9.17) is 0 Å². The second-order valence-electron chi connectivity index (χ2n) is 6.00. The summed E-state index contributed by atoms with van der Waals surface area (Å²) in [5.41, 5.74) is 2.11. The second kappa shape index (κ2) is 4.48. The summed E-state index contributed by atoms with van der Waals surface area (Å²) in [5.74, 6) is -0.370. The molecule has 1 unspecified atom stereocenters. The number of carbonyl (C=O) groups excluding carboxylic acids is 2. The van der Waals surface area contributed by atoms with Gasteiger partial charge in [-0.05, 0) is 30.7 Å². The fourth-order valence-corrected chi connectivity index (χ4v) is 3.76. The van der Waals surface area contributed by atoms with Gasteiger partial charge in [0, 0.05) is 6.42 Å². The Morgan fingerprint density at radius 3 is 2.37 bits per heavy atom. The predicted octanol–water partition coefficient (Wildman–Crippen LogP) is 2.69. The van der Waals surface area contributed by atoms with Gasteiger partial charge in [-0.25, -0.2) is 0 Å². The van der Waals surface area contributed by atoms with Gasteiger partial charge in [-0.1, -0.05) is 42.7 Å². The molecule has 1 saturated heterocycles. The molecule has 19 heavy (non-hydrogen) atoms. The van der Waals surface area contributed by atoms with E-state index in [1.54, 1.807) is 0 Å². The third kappa shape index (κ3) is 2.07. The first kappa shape index (κ1) is 12.4. The highest BCUT2D eigenvalue weighted by Crippen LogP contribution is 2.52. The molecule has 1 aromatic carbocycles. The summed E-state index contributed by atoms with van der Waals surface area (Å²) in [6.07, 6.45) is 4.73. The minimum atomic E-state index is -0.159. The summed E-state index contributed by atoms with van der Waals surface area (Å²) < 4.78 is 0. The Morgan fingerprint density at radius 1 is 1.11 bits per heavy atom. The number of hydrogen-bond acceptors (Lipinski definition) is 2. The van der Waals surface area contributed by atoms with E-state index in [0.717, 1.165) is 31.2 Å². The summed E-state index contributed by atoms with van der Waals surface area (Å²) >= 11 is 0. The molecule has 2 fully saturated rings. The Hall–Kier alpha value is -1.64. The molecule has 1 spiro atoms. The molecule has 1 N–H and O–H groups in total. The zero-order valence-corrected chi connectivity index (χ0v) is 11.2. The van der Waals surface area contributed by atoms with Gasteiger partial charge in [-0.2, -0.15) is 0 Å². The maximum atomic E-state index is 12.3. The zero-order chi connectivity index (χ0) is 13.5. The summed E-state index contributed by atoms with van der Waals surface area (Å²) in [5, 5.41) is 2.52. The van der Waals surface area contributed by atoms with E-state index in [2.05, 4.69) is 5.32 Å². The minimum Gasteiger partial charge on any atom is -0.296 e. The summed E-state index contributed by atoms with van der Waals surface area (Å²) in [6.45, 7) is 2.04. The highest BCUT2D eigenvalue weighted by molar-refractivity contribution is 6.02. The van der Waals surface area contributed by atoms with E-state index in [9.17, 15) is 9.59 Å². The van der Waals surface area contributed by atoms with Gasteiger partial charge >= 0.3 is 0 Å². The Morgan fingerprint density at radius 2 is 1.74 bits per heavy atom. The number of aryl methyl sites for hydroxylation is 1. The first-order valence-electron chi connectivity index (χ1n) is 7.01. The van der Waals surface area contributed by atoms with Gasteiger partial charge in [0.05, 0.1) is 5.92 Å². The highest BCUT2D eigenvalue weighted by atomic mass is 16.2. The van der Waals surface area contributed by atoms with Crippen molar-refractivity contribution in [3.63, 3.8) is 0 Å². The maximum Gasteiger partial charge on any atom is 0.234 e. The fraction of sp³-hybridized carbons (Fsp3) is 0.500. The van der Waals surface area contributed by atoms with Crippen LogP contribution in [0, 0.1) is 12.3 Å². The molecule has 1 aromatic rings. The number of rotatable bonds is 1. The minimum absolute atomic E-state index is 0.102. The molecule has 3 nitrogen and oxygen atoms in total. The lowest BCUT2D eigenvalue weighted by Gasteiger charge is -2.40.